The number of hydrogen-bond acceptors (Lipinski definition) is 1. The fourth-order valence-corrected chi connectivity index (χ4v) is 1.29. The fourth-order valence-electron chi connectivity index (χ4n) is 1.29. The van der Waals surface area contributed by atoms with Crippen molar-refractivity contribution >= 4 is 0 Å². The van der Waals surface area contributed by atoms with E-state index in [1.165, 1.54) is 0 Å². The van der Waals surface area contributed by atoms with E-state index in [1.54, 1.807) is 6.92 Å². The average molecular weight is 131 g/mol. The van der Waals surface area contributed by atoms with Gasteiger partial charge in [-0.25, -0.2) is 4.39 Å². The standard InChI is InChI=1S/C7H14FN/c1-7(8)4-6(5-7)9(2)3/h6H,4-5H2,1-3H3. The Balaban J connectivity index is 2.27. The zero-order valence-electron chi connectivity index (χ0n) is 6.32. The van der Waals surface area contributed by atoms with Crippen LogP contribution in [0.25, 0.3) is 0 Å². The van der Waals surface area contributed by atoms with Crippen molar-refractivity contribution in [3.8, 4) is 0 Å². The van der Waals surface area contributed by atoms with E-state index in [1.807, 2.05) is 14.1 Å². The molecule has 1 nitrogen and oxygen atoms in total. The van der Waals surface area contributed by atoms with E-state index in [9.17, 15) is 4.39 Å². The molecule has 0 heterocycles. The summed E-state index contributed by atoms with van der Waals surface area (Å²) >= 11 is 0. The topological polar surface area (TPSA) is 3.24 Å². The van der Waals surface area contributed by atoms with E-state index in [4.69, 9.17) is 0 Å². The SMILES string of the molecule is CN(C)C1CC(C)(F)C1. The maximum atomic E-state index is 12.8. The van der Waals surface area contributed by atoms with Gasteiger partial charge in [0.2, 0.25) is 0 Å². The van der Waals surface area contributed by atoms with E-state index < -0.39 is 5.67 Å². The highest BCUT2D eigenvalue weighted by molar-refractivity contribution is 4.95. The molecule has 0 bridgehead atoms. The van der Waals surface area contributed by atoms with Crippen LogP contribution >= 0.6 is 0 Å². The molecule has 0 aromatic heterocycles. The van der Waals surface area contributed by atoms with E-state index >= 15 is 0 Å². The summed E-state index contributed by atoms with van der Waals surface area (Å²) in [5, 5.41) is 0. The van der Waals surface area contributed by atoms with E-state index in [0.717, 1.165) is 0 Å². The lowest BCUT2D eigenvalue weighted by molar-refractivity contribution is 0.00438. The number of nitrogens with zero attached hydrogens (tertiary/aromatic N) is 1. The molecule has 1 aliphatic rings. The first-order valence-corrected chi connectivity index (χ1v) is 3.37. The van der Waals surface area contributed by atoms with Crippen molar-refractivity contribution in [3.63, 3.8) is 0 Å². The molecular weight excluding hydrogens is 117 g/mol. The Kier molecular flexibility index (Phi) is 1.51. The van der Waals surface area contributed by atoms with Crippen molar-refractivity contribution < 1.29 is 4.39 Å². The van der Waals surface area contributed by atoms with Crippen LogP contribution in [0.1, 0.15) is 19.8 Å². The monoisotopic (exact) mass is 131 g/mol. The minimum atomic E-state index is -0.866. The van der Waals surface area contributed by atoms with Gasteiger partial charge in [0.25, 0.3) is 0 Å². The van der Waals surface area contributed by atoms with E-state index in [2.05, 4.69) is 4.90 Å². The molecule has 0 aromatic carbocycles. The van der Waals surface area contributed by atoms with Crippen LogP contribution in [0.3, 0.4) is 0 Å². The van der Waals surface area contributed by atoms with Crippen LogP contribution in [0, 0.1) is 0 Å². The molecule has 0 amide bonds. The summed E-state index contributed by atoms with van der Waals surface area (Å²) in [6, 6.07) is 0.486. The van der Waals surface area contributed by atoms with Gasteiger partial charge in [0.05, 0.1) is 0 Å². The molecule has 0 unspecified atom stereocenters. The Bertz CT molecular complexity index is 101. The van der Waals surface area contributed by atoms with Crippen LogP contribution in [0.5, 0.6) is 0 Å². The Morgan fingerprint density at radius 3 is 2.00 bits per heavy atom. The average Bonchev–Trinajstić information content (AvgIpc) is 1.59. The molecule has 1 aliphatic carbocycles. The predicted molar refractivity (Wildman–Crippen MR) is 36.2 cm³/mol. The predicted octanol–water partition coefficient (Wildman–Crippen LogP) is 1.44. The van der Waals surface area contributed by atoms with Gasteiger partial charge >= 0.3 is 0 Å². The Morgan fingerprint density at radius 2 is 1.89 bits per heavy atom. The number of halogens is 1. The third-order valence-electron chi connectivity index (χ3n) is 2.05. The fraction of sp³-hybridized carbons (Fsp3) is 1.00. The molecule has 1 fully saturated rings. The molecule has 0 saturated heterocycles. The number of hydrogen-bond donors (Lipinski definition) is 0. The second kappa shape index (κ2) is 1.94. The van der Waals surface area contributed by atoms with Crippen LogP contribution in [-0.4, -0.2) is 30.7 Å². The first-order chi connectivity index (χ1) is 4.01. The lowest BCUT2D eigenvalue weighted by atomic mass is 9.78. The van der Waals surface area contributed by atoms with Crippen LogP contribution in [0.4, 0.5) is 4.39 Å². The summed E-state index contributed by atoms with van der Waals surface area (Å²) < 4.78 is 12.8. The van der Waals surface area contributed by atoms with Crippen LogP contribution in [0.15, 0.2) is 0 Å². The van der Waals surface area contributed by atoms with Gasteiger partial charge in [0.1, 0.15) is 5.67 Å². The Morgan fingerprint density at radius 1 is 1.44 bits per heavy atom. The molecule has 0 atom stereocenters. The normalized spacial score (nSPS) is 43.0. The lowest BCUT2D eigenvalue weighted by Gasteiger charge is -2.42. The summed E-state index contributed by atoms with van der Waals surface area (Å²) in [7, 11) is 4.00. The van der Waals surface area contributed by atoms with Gasteiger partial charge in [-0.3, -0.25) is 0 Å². The second-order valence-corrected chi connectivity index (χ2v) is 3.44. The molecular formula is C7H14FN. The zero-order valence-corrected chi connectivity index (χ0v) is 6.32. The first-order valence-electron chi connectivity index (χ1n) is 3.37. The zero-order chi connectivity index (χ0) is 7.07. The summed E-state index contributed by atoms with van der Waals surface area (Å²) in [6.07, 6.45) is 1.42. The maximum absolute atomic E-state index is 12.8. The van der Waals surface area contributed by atoms with Gasteiger partial charge in [0, 0.05) is 6.04 Å². The molecule has 54 valence electrons. The number of rotatable bonds is 1. The van der Waals surface area contributed by atoms with Crippen molar-refractivity contribution in [1.29, 1.82) is 0 Å². The summed E-state index contributed by atoms with van der Waals surface area (Å²) in [4.78, 5) is 2.08. The lowest BCUT2D eigenvalue weighted by Crippen LogP contribution is -2.48. The summed E-state index contributed by atoms with van der Waals surface area (Å²) in [6.45, 7) is 1.67. The third kappa shape index (κ3) is 1.42. The second-order valence-electron chi connectivity index (χ2n) is 3.44. The van der Waals surface area contributed by atoms with Gasteiger partial charge in [0.15, 0.2) is 0 Å². The van der Waals surface area contributed by atoms with Crippen LogP contribution in [0.2, 0.25) is 0 Å². The molecule has 2 heteroatoms. The Labute approximate surface area is 55.8 Å². The van der Waals surface area contributed by atoms with Crippen LogP contribution in [-0.2, 0) is 0 Å². The summed E-state index contributed by atoms with van der Waals surface area (Å²) in [5.41, 5.74) is -0.866. The van der Waals surface area contributed by atoms with Gasteiger partial charge in [-0.15, -0.1) is 0 Å². The number of alkyl halides is 1. The van der Waals surface area contributed by atoms with Crippen molar-refractivity contribution in [1.82, 2.24) is 4.90 Å². The van der Waals surface area contributed by atoms with E-state index in [0.29, 0.717) is 18.9 Å². The molecule has 0 aromatic rings. The minimum Gasteiger partial charge on any atom is -0.306 e. The quantitative estimate of drug-likeness (QED) is 0.520. The van der Waals surface area contributed by atoms with Crippen LogP contribution < -0.4 is 0 Å². The van der Waals surface area contributed by atoms with Gasteiger partial charge in [-0.1, -0.05) is 0 Å². The van der Waals surface area contributed by atoms with Crippen molar-refractivity contribution in [2.75, 3.05) is 14.1 Å². The molecule has 0 N–H and O–H groups in total. The molecule has 1 rings (SSSR count). The van der Waals surface area contributed by atoms with Gasteiger partial charge in [-0.2, -0.15) is 0 Å². The maximum Gasteiger partial charge on any atom is 0.111 e. The molecule has 0 radical (unpaired) electrons. The van der Waals surface area contributed by atoms with Crippen molar-refractivity contribution in [2.45, 2.75) is 31.5 Å². The molecule has 0 aliphatic heterocycles. The van der Waals surface area contributed by atoms with Crippen molar-refractivity contribution in [2.24, 2.45) is 0 Å². The highest BCUT2D eigenvalue weighted by Crippen LogP contribution is 2.37. The highest BCUT2D eigenvalue weighted by Gasteiger charge is 2.41. The molecule has 9 heavy (non-hydrogen) atoms. The minimum absolute atomic E-state index is 0.486. The van der Waals surface area contributed by atoms with Crippen molar-refractivity contribution in [3.05, 3.63) is 0 Å². The van der Waals surface area contributed by atoms with Gasteiger partial charge in [-0.05, 0) is 33.9 Å². The highest BCUT2D eigenvalue weighted by atomic mass is 19.1. The first kappa shape index (κ1) is 7.00. The molecule has 0 spiro atoms. The third-order valence-corrected chi connectivity index (χ3v) is 2.05. The smallest absolute Gasteiger partial charge is 0.111 e. The largest absolute Gasteiger partial charge is 0.306 e. The Hall–Kier alpha value is -0.110. The summed E-state index contributed by atoms with van der Waals surface area (Å²) in [5.74, 6) is 0. The van der Waals surface area contributed by atoms with E-state index in [-0.39, 0.29) is 0 Å². The molecule has 1 saturated carbocycles. The van der Waals surface area contributed by atoms with Gasteiger partial charge < -0.3 is 4.90 Å².